The Morgan fingerprint density at radius 1 is 1.31 bits per heavy atom. The van der Waals surface area contributed by atoms with E-state index in [1.807, 2.05) is 0 Å². The van der Waals surface area contributed by atoms with E-state index in [2.05, 4.69) is 26.0 Å². The number of nitrogens with zero attached hydrogens (tertiary/aromatic N) is 1. The topological polar surface area (TPSA) is 12.5 Å². The Bertz CT molecular complexity index is 156. The number of rotatable bonds is 2. The van der Waals surface area contributed by atoms with Crippen molar-refractivity contribution in [3.63, 3.8) is 0 Å². The first kappa shape index (κ1) is 11.5. The standard InChI is InChI=1S/C7H11F3INO/c8-7(9,10)5-13-6-1-3-12(11)4-2-6/h6H,1-5H2. The van der Waals surface area contributed by atoms with E-state index < -0.39 is 12.8 Å². The second kappa shape index (κ2) is 4.79. The van der Waals surface area contributed by atoms with Gasteiger partial charge >= 0.3 is 6.18 Å². The van der Waals surface area contributed by atoms with Crippen molar-refractivity contribution in [2.75, 3.05) is 19.7 Å². The lowest BCUT2D eigenvalue weighted by Crippen LogP contribution is -2.33. The Morgan fingerprint density at radius 2 is 1.85 bits per heavy atom. The molecule has 1 rings (SSSR count). The van der Waals surface area contributed by atoms with Crippen molar-refractivity contribution in [1.82, 2.24) is 3.11 Å². The molecule has 0 aromatic rings. The fourth-order valence-corrected chi connectivity index (χ4v) is 1.76. The van der Waals surface area contributed by atoms with Gasteiger partial charge in [-0.25, -0.2) is 3.11 Å². The zero-order chi connectivity index (χ0) is 9.90. The molecule has 1 aliphatic rings. The summed E-state index contributed by atoms with van der Waals surface area (Å²) in [6.45, 7) is 0.505. The predicted molar refractivity (Wildman–Crippen MR) is 50.6 cm³/mol. The zero-order valence-electron chi connectivity index (χ0n) is 6.98. The van der Waals surface area contributed by atoms with Gasteiger partial charge in [-0.1, -0.05) is 0 Å². The van der Waals surface area contributed by atoms with Gasteiger partial charge in [-0.15, -0.1) is 0 Å². The molecule has 0 aliphatic carbocycles. The van der Waals surface area contributed by atoms with Crippen molar-refractivity contribution in [1.29, 1.82) is 0 Å². The highest BCUT2D eigenvalue weighted by molar-refractivity contribution is 14.1. The van der Waals surface area contributed by atoms with Crippen LogP contribution in [0.3, 0.4) is 0 Å². The molecule has 0 spiro atoms. The van der Waals surface area contributed by atoms with E-state index in [4.69, 9.17) is 4.74 Å². The summed E-state index contributed by atoms with van der Waals surface area (Å²) in [4.78, 5) is 0. The van der Waals surface area contributed by atoms with Gasteiger partial charge in [0.2, 0.25) is 0 Å². The monoisotopic (exact) mass is 309 g/mol. The number of ether oxygens (including phenoxy) is 1. The number of halogens is 4. The van der Waals surface area contributed by atoms with Crippen molar-refractivity contribution >= 4 is 22.9 Å². The molecular weight excluding hydrogens is 298 g/mol. The van der Waals surface area contributed by atoms with Gasteiger partial charge in [0.05, 0.1) is 6.10 Å². The van der Waals surface area contributed by atoms with Crippen LogP contribution in [0.5, 0.6) is 0 Å². The minimum absolute atomic E-state index is 0.215. The minimum atomic E-state index is -4.19. The summed E-state index contributed by atoms with van der Waals surface area (Å²) in [5, 5.41) is 0. The van der Waals surface area contributed by atoms with Gasteiger partial charge in [0, 0.05) is 36.0 Å². The highest BCUT2D eigenvalue weighted by Crippen LogP contribution is 2.20. The van der Waals surface area contributed by atoms with E-state index in [0.29, 0.717) is 12.8 Å². The third-order valence-corrected chi connectivity index (χ3v) is 2.83. The summed E-state index contributed by atoms with van der Waals surface area (Å²) in [7, 11) is 0. The first-order valence-corrected chi connectivity index (χ1v) is 5.03. The van der Waals surface area contributed by atoms with E-state index >= 15 is 0 Å². The average molecular weight is 309 g/mol. The number of hydrogen-bond acceptors (Lipinski definition) is 2. The van der Waals surface area contributed by atoms with Crippen LogP contribution in [0.15, 0.2) is 0 Å². The van der Waals surface area contributed by atoms with Crippen LogP contribution in [0.1, 0.15) is 12.8 Å². The maximum Gasteiger partial charge on any atom is 0.411 e. The Labute approximate surface area is 88.9 Å². The van der Waals surface area contributed by atoms with Gasteiger partial charge in [0.25, 0.3) is 0 Å². The maximum absolute atomic E-state index is 11.8. The normalized spacial score (nSPS) is 22.2. The highest BCUT2D eigenvalue weighted by Gasteiger charge is 2.30. The summed E-state index contributed by atoms with van der Waals surface area (Å²) >= 11 is 2.17. The minimum Gasteiger partial charge on any atom is -0.369 e. The molecule has 1 heterocycles. The smallest absolute Gasteiger partial charge is 0.369 e. The molecule has 0 atom stereocenters. The van der Waals surface area contributed by atoms with Gasteiger partial charge < -0.3 is 4.74 Å². The Hall–Kier alpha value is 0.440. The fraction of sp³-hybridized carbons (Fsp3) is 1.00. The van der Waals surface area contributed by atoms with Crippen LogP contribution in [0.2, 0.25) is 0 Å². The maximum atomic E-state index is 11.8. The molecule has 0 saturated carbocycles. The summed E-state index contributed by atoms with van der Waals surface area (Å²) in [5.41, 5.74) is 0. The molecule has 1 aliphatic heterocycles. The molecule has 0 aromatic heterocycles. The molecule has 1 fully saturated rings. The van der Waals surface area contributed by atoms with Crippen molar-refractivity contribution in [2.24, 2.45) is 0 Å². The highest BCUT2D eigenvalue weighted by atomic mass is 127. The van der Waals surface area contributed by atoms with Crippen molar-refractivity contribution in [3.05, 3.63) is 0 Å². The quantitative estimate of drug-likeness (QED) is 0.574. The Morgan fingerprint density at radius 3 is 2.31 bits per heavy atom. The van der Waals surface area contributed by atoms with Gasteiger partial charge in [0.1, 0.15) is 6.61 Å². The van der Waals surface area contributed by atoms with E-state index in [1.165, 1.54) is 0 Å². The average Bonchev–Trinajstić information content (AvgIpc) is 2.02. The van der Waals surface area contributed by atoms with Crippen LogP contribution in [0, 0.1) is 0 Å². The first-order valence-electron chi connectivity index (χ1n) is 4.06. The lowest BCUT2D eigenvalue weighted by molar-refractivity contribution is -0.187. The molecule has 0 unspecified atom stereocenters. The largest absolute Gasteiger partial charge is 0.411 e. The Balaban J connectivity index is 2.16. The summed E-state index contributed by atoms with van der Waals surface area (Å²) < 4.78 is 42.1. The SMILES string of the molecule is FC(F)(F)COC1CCN(I)CC1. The molecule has 2 nitrogen and oxygen atoms in total. The number of hydrogen-bond donors (Lipinski definition) is 0. The van der Waals surface area contributed by atoms with E-state index in [9.17, 15) is 13.2 Å². The van der Waals surface area contributed by atoms with Crippen LogP contribution in [-0.2, 0) is 4.74 Å². The van der Waals surface area contributed by atoms with Crippen LogP contribution < -0.4 is 0 Å². The van der Waals surface area contributed by atoms with Crippen molar-refractivity contribution in [3.8, 4) is 0 Å². The predicted octanol–water partition coefficient (Wildman–Crippen LogP) is 2.38. The second-order valence-corrected chi connectivity index (χ2v) is 4.40. The van der Waals surface area contributed by atoms with E-state index in [1.54, 1.807) is 0 Å². The molecule has 0 aromatic carbocycles. The molecule has 0 bridgehead atoms. The Kier molecular flexibility index (Phi) is 4.24. The number of alkyl halides is 3. The molecule has 0 amide bonds. The van der Waals surface area contributed by atoms with Gasteiger partial charge in [-0.05, 0) is 12.8 Å². The van der Waals surface area contributed by atoms with Crippen molar-refractivity contribution < 1.29 is 17.9 Å². The van der Waals surface area contributed by atoms with E-state index in [0.717, 1.165) is 13.1 Å². The first-order chi connectivity index (χ1) is 5.97. The molecule has 78 valence electrons. The fourth-order valence-electron chi connectivity index (χ4n) is 1.20. The van der Waals surface area contributed by atoms with E-state index in [-0.39, 0.29) is 6.10 Å². The second-order valence-electron chi connectivity index (χ2n) is 3.04. The molecule has 13 heavy (non-hydrogen) atoms. The summed E-state index contributed by atoms with van der Waals surface area (Å²) in [6.07, 6.45) is -3.02. The van der Waals surface area contributed by atoms with Gasteiger partial charge in [0.15, 0.2) is 0 Å². The van der Waals surface area contributed by atoms with Crippen LogP contribution in [-0.4, -0.2) is 35.1 Å². The van der Waals surface area contributed by atoms with Gasteiger partial charge in [-0.2, -0.15) is 13.2 Å². The number of piperidine rings is 1. The molecule has 0 N–H and O–H groups in total. The van der Waals surface area contributed by atoms with Gasteiger partial charge in [-0.3, -0.25) is 0 Å². The lowest BCUT2D eigenvalue weighted by Gasteiger charge is -2.27. The third kappa shape index (κ3) is 5.02. The lowest BCUT2D eigenvalue weighted by atomic mass is 10.1. The third-order valence-electron chi connectivity index (χ3n) is 1.87. The van der Waals surface area contributed by atoms with Crippen LogP contribution in [0.4, 0.5) is 13.2 Å². The zero-order valence-corrected chi connectivity index (χ0v) is 9.14. The molecule has 1 saturated heterocycles. The molecular formula is C7H11F3INO. The summed E-state index contributed by atoms with van der Waals surface area (Å²) in [5.74, 6) is 0. The molecule has 0 radical (unpaired) electrons. The molecule has 6 heteroatoms. The van der Waals surface area contributed by atoms with Crippen LogP contribution >= 0.6 is 22.9 Å². The van der Waals surface area contributed by atoms with Crippen LogP contribution in [0.25, 0.3) is 0 Å². The summed E-state index contributed by atoms with van der Waals surface area (Å²) in [6, 6.07) is 0. The van der Waals surface area contributed by atoms with Crippen molar-refractivity contribution in [2.45, 2.75) is 25.1 Å².